The van der Waals surface area contributed by atoms with Crippen LogP contribution in [0.3, 0.4) is 0 Å². The van der Waals surface area contributed by atoms with Gasteiger partial charge < -0.3 is 9.80 Å². The van der Waals surface area contributed by atoms with Gasteiger partial charge in [0.15, 0.2) is 0 Å². The summed E-state index contributed by atoms with van der Waals surface area (Å²) < 4.78 is 25.6. The molecule has 1 aliphatic rings. The van der Waals surface area contributed by atoms with Crippen LogP contribution in [0.4, 0.5) is 0 Å². The molecule has 1 fully saturated rings. The van der Waals surface area contributed by atoms with Crippen molar-refractivity contribution in [1.29, 1.82) is 0 Å². The number of hydrogen-bond acceptors (Lipinski definition) is 4. The van der Waals surface area contributed by atoms with Gasteiger partial charge in [-0.3, -0.25) is 4.79 Å². The van der Waals surface area contributed by atoms with Crippen LogP contribution in [0.25, 0.3) is 0 Å². The SMILES string of the molecule is CCN1CCN(C(=O)CCc2ccc(S(=O)(=O)NC)cc2)CC1. The number of rotatable bonds is 6. The van der Waals surface area contributed by atoms with Crippen LogP contribution in [0.2, 0.25) is 0 Å². The van der Waals surface area contributed by atoms with Crippen LogP contribution < -0.4 is 4.72 Å². The number of hydrogen-bond donors (Lipinski definition) is 1. The fourth-order valence-corrected chi connectivity index (χ4v) is 3.41. The highest BCUT2D eigenvalue weighted by molar-refractivity contribution is 7.89. The largest absolute Gasteiger partial charge is 0.340 e. The number of amides is 1. The first-order valence-corrected chi connectivity index (χ1v) is 9.47. The van der Waals surface area contributed by atoms with Gasteiger partial charge in [0.1, 0.15) is 0 Å². The third-order valence-electron chi connectivity index (χ3n) is 4.30. The Hall–Kier alpha value is -1.44. The van der Waals surface area contributed by atoms with Crippen LogP contribution in [0.1, 0.15) is 18.9 Å². The van der Waals surface area contributed by atoms with Gasteiger partial charge in [-0.15, -0.1) is 0 Å². The van der Waals surface area contributed by atoms with Crippen molar-refractivity contribution in [2.45, 2.75) is 24.7 Å². The normalized spacial score (nSPS) is 16.5. The lowest BCUT2D eigenvalue weighted by atomic mass is 10.1. The number of nitrogens with one attached hydrogen (secondary N) is 1. The maximum atomic E-state index is 12.2. The molecule has 0 aromatic heterocycles. The molecular formula is C16H25N3O3S. The van der Waals surface area contributed by atoms with Gasteiger partial charge in [0.05, 0.1) is 4.90 Å². The van der Waals surface area contributed by atoms with Gasteiger partial charge in [-0.25, -0.2) is 13.1 Å². The van der Waals surface area contributed by atoms with Gasteiger partial charge in [0.25, 0.3) is 0 Å². The summed E-state index contributed by atoms with van der Waals surface area (Å²) in [7, 11) is -2.01. The Balaban J connectivity index is 1.85. The molecule has 2 rings (SSSR count). The molecule has 0 unspecified atom stereocenters. The van der Waals surface area contributed by atoms with Crippen LogP contribution in [-0.4, -0.2) is 63.9 Å². The Morgan fingerprint density at radius 1 is 1.13 bits per heavy atom. The molecule has 128 valence electrons. The Kier molecular flexibility index (Phi) is 6.15. The minimum atomic E-state index is -3.40. The minimum Gasteiger partial charge on any atom is -0.340 e. The topological polar surface area (TPSA) is 69.7 Å². The number of carbonyl (C=O) groups excluding carboxylic acids is 1. The highest BCUT2D eigenvalue weighted by atomic mass is 32.2. The average molecular weight is 339 g/mol. The molecule has 1 N–H and O–H groups in total. The second-order valence-electron chi connectivity index (χ2n) is 5.67. The summed E-state index contributed by atoms with van der Waals surface area (Å²) in [5, 5.41) is 0. The molecule has 1 saturated heterocycles. The van der Waals surface area contributed by atoms with Crippen molar-refractivity contribution in [3.8, 4) is 0 Å². The Morgan fingerprint density at radius 3 is 2.26 bits per heavy atom. The van der Waals surface area contributed by atoms with E-state index >= 15 is 0 Å². The van der Waals surface area contributed by atoms with E-state index in [1.54, 1.807) is 24.3 Å². The fourth-order valence-electron chi connectivity index (χ4n) is 2.68. The molecule has 1 heterocycles. The zero-order chi connectivity index (χ0) is 16.9. The number of benzene rings is 1. The number of sulfonamides is 1. The molecule has 1 amide bonds. The molecule has 0 aliphatic carbocycles. The van der Waals surface area contributed by atoms with Gasteiger partial charge in [-0.2, -0.15) is 0 Å². The van der Waals surface area contributed by atoms with E-state index in [1.807, 2.05) is 4.90 Å². The van der Waals surface area contributed by atoms with E-state index in [0.29, 0.717) is 12.8 Å². The summed E-state index contributed by atoms with van der Waals surface area (Å²) in [6.07, 6.45) is 1.09. The number of aryl methyl sites for hydroxylation is 1. The lowest BCUT2D eigenvalue weighted by molar-refractivity contribution is -0.132. The van der Waals surface area contributed by atoms with E-state index in [-0.39, 0.29) is 10.8 Å². The molecule has 0 saturated carbocycles. The lowest BCUT2D eigenvalue weighted by Crippen LogP contribution is -2.48. The third-order valence-corrected chi connectivity index (χ3v) is 5.73. The maximum Gasteiger partial charge on any atom is 0.240 e. The Morgan fingerprint density at radius 2 is 1.74 bits per heavy atom. The molecule has 1 aliphatic heterocycles. The summed E-state index contributed by atoms with van der Waals surface area (Å²) in [5.41, 5.74) is 0.973. The molecule has 0 atom stereocenters. The van der Waals surface area contributed by atoms with E-state index in [1.165, 1.54) is 7.05 Å². The van der Waals surface area contributed by atoms with Crippen LogP contribution in [0, 0.1) is 0 Å². The van der Waals surface area contributed by atoms with Crippen molar-refractivity contribution in [3.63, 3.8) is 0 Å². The fraction of sp³-hybridized carbons (Fsp3) is 0.562. The second-order valence-corrected chi connectivity index (χ2v) is 7.55. The molecular weight excluding hydrogens is 314 g/mol. The van der Waals surface area contributed by atoms with E-state index in [0.717, 1.165) is 38.3 Å². The molecule has 1 aromatic carbocycles. The van der Waals surface area contributed by atoms with Gasteiger partial charge in [0, 0.05) is 32.6 Å². The molecule has 0 bridgehead atoms. The van der Waals surface area contributed by atoms with Crippen molar-refractivity contribution in [2.24, 2.45) is 0 Å². The predicted octanol–water partition coefficient (Wildman–Crippen LogP) is 0.691. The van der Waals surface area contributed by atoms with E-state index < -0.39 is 10.0 Å². The summed E-state index contributed by atoms with van der Waals surface area (Å²) in [6.45, 7) is 6.65. The van der Waals surface area contributed by atoms with Crippen molar-refractivity contribution >= 4 is 15.9 Å². The van der Waals surface area contributed by atoms with Gasteiger partial charge >= 0.3 is 0 Å². The van der Waals surface area contributed by atoms with Gasteiger partial charge in [-0.05, 0) is 37.7 Å². The van der Waals surface area contributed by atoms with E-state index in [4.69, 9.17) is 0 Å². The highest BCUT2D eigenvalue weighted by Gasteiger charge is 2.19. The van der Waals surface area contributed by atoms with Crippen molar-refractivity contribution in [3.05, 3.63) is 29.8 Å². The van der Waals surface area contributed by atoms with Gasteiger partial charge in [0.2, 0.25) is 15.9 Å². The first kappa shape index (κ1) is 17.9. The predicted molar refractivity (Wildman–Crippen MR) is 89.7 cm³/mol. The van der Waals surface area contributed by atoms with Crippen LogP contribution in [0.15, 0.2) is 29.2 Å². The number of likely N-dealkylation sites (N-methyl/N-ethyl adjacent to an activating group) is 1. The average Bonchev–Trinajstić information content (AvgIpc) is 2.60. The zero-order valence-electron chi connectivity index (χ0n) is 13.8. The highest BCUT2D eigenvalue weighted by Crippen LogP contribution is 2.12. The van der Waals surface area contributed by atoms with E-state index in [2.05, 4.69) is 16.5 Å². The quantitative estimate of drug-likeness (QED) is 0.828. The summed E-state index contributed by atoms with van der Waals surface area (Å²) >= 11 is 0. The van der Waals surface area contributed by atoms with Crippen LogP contribution in [0.5, 0.6) is 0 Å². The number of nitrogens with zero attached hydrogens (tertiary/aromatic N) is 2. The number of piperazine rings is 1. The number of carbonyl (C=O) groups is 1. The van der Waals surface area contributed by atoms with Crippen LogP contribution in [-0.2, 0) is 21.2 Å². The molecule has 0 spiro atoms. The molecule has 6 nitrogen and oxygen atoms in total. The lowest BCUT2D eigenvalue weighted by Gasteiger charge is -2.34. The van der Waals surface area contributed by atoms with Crippen molar-refractivity contribution in [2.75, 3.05) is 39.8 Å². The Labute approximate surface area is 138 Å². The van der Waals surface area contributed by atoms with E-state index in [9.17, 15) is 13.2 Å². The summed E-state index contributed by atoms with van der Waals surface area (Å²) in [4.78, 5) is 16.7. The summed E-state index contributed by atoms with van der Waals surface area (Å²) in [6, 6.07) is 6.69. The first-order valence-electron chi connectivity index (χ1n) is 7.99. The third kappa shape index (κ3) is 4.76. The zero-order valence-corrected chi connectivity index (χ0v) is 14.6. The molecule has 1 aromatic rings. The monoisotopic (exact) mass is 339 g/mol. The van der Waals surface area contributed by atoms with Crippen LogP contribution >= 0.6 is 0 Å². The maximum absolute atomic E-state index is 12.2. The summed E-state index contributed by atoms with van der Waals surface area (Å²) in [5.74, 6) is 0.174. The van der Waals surface area contributed by atoms with Crippen molar-refractivity contribution in [1.82, 2.24) is 14.5 Å². The molecule has 7 heteroatoms. The van der Waals surface area contributed by atoms with Gasteiger partial charge in [-0.1, -0.05) is 19.1 Å². The first-order chi connectivity index (χ1) is 11.0. The second kappa shape index (κ2) is 7.90. The smallest absolute Gasteiger partial charge is 0.240 e. The minimum absolute atomic E-state index is 0.174. The Bertz CT molecular complexity index is 620. The molecule has 0 radical (unpaired) electrons. The standard InChI is InChI=1S/C16H25N3O3S/c1-3-18-10-12-19(13-11-18)16(20)9-6-14-4-7-15(8-5-14)23(21,22)17-2/h4-5,7-8,17H,3,6,9-13H2,1-2H3. The van der Waals surface area contributed by atoms with Crippen molar-refractivity contribution < 1.29 is 13.2 Å². The molecule has 23 heavy (non-hydrogen) atoms.